The maximum Gasteiger partial charge on any atom is 0.341 e. The molecule has 1 heterocycles. The van der Waals surface area contributed by atoms with E-state index in [9.17, 15) is 18.0 Å². The van der Waals surface area contributed by atoms with E-state index in [1.165, 1.54) is 11.4 Å². The van der Waals surface area contributed by atoms with Crippen molar-refractivity contribution in [2.45, 2.75) is 19.8 Å². The maximum absolute atomic E-state index is 12.7. The molecule has 3 rings (SSSR count). The van der Waals surface area contributed by atoms with Gasteiger partial charge in [0.2, 0.25) is 10.0 Å². The lowest BCUT2D eigenvalue weighted by Gasteiger charge is -2.29. The van der Waals surface area contributed by atoms with Crippen LogP contribution in [0.4, 0.5) is 0 Å². The Morgan fingerprint density at radius 2 is 1.71 bits per heavy atom. The Morgan fingerprint density at radius 1 is 1.11 bits per heavy atom. The Labute approximate surface area is 164 Å². The second-order valence-corrected chi connectivity index (χ2v) is 8.94. The van der Waals surface area contributed by atoms with Crippen molar-refractivity contribution in [1.29, 1.82) is 0 Å². The highest BCUT2D eigenvalue weighted by molar-refractivity contribution is 7.89. The summed E-state index contributed by atoms with van der Waals surface area (Å²) < 4.78 is 35.7. The first kappa shape index (κ1) is 20.3. The third-order valence-electron chi connectivity index (χ3n) is 5.01. The molecule has 0 radical (unpaired) electrons. The molecule has 0 bridgehead atoms. The van der Waals surface area contributed by atoms with E-state index in [1.54, 1.807) is 19.1 Å². The highest BCUT2D eigenvalue weighted by Crippen LogP contribution is 2.29. The van der Waals surface area contributed by atoms with Crippen molar-refractivity contribution in [2.75, 3.05) is 26.0 Å². The number of hydrogen-bond donors (Lipinski definition) is 0. The fourth-order valence-corrected chi connectivity index (χ4v) is 4.45. The van der Waals surface area contributed by atoms with Gasteiger partial charge in [-0.15, -0.1) is 0 Å². The molecule has 0 aromatic heterocycles. The van der Waals surface area contributed by atoms with E-state index in [0.29, 0.717) is 12.8 Å². The largest absolute Gasteiger partial charge is 0.465 e. The summed E-state index contributed by atoms with van der Waals surface area (Å²) in [5.41, 5.74) is 0.181. The second kappa shape index (κ2) is 8.28. The molecule has 0 aliphatic carbocycles. The van der Waals surface area contributed by atoms with Gasteiger partial charge >= 0.3 is 11.9 Å². The van der Waals surface area contributed by atoms with Crippen LogP contribution in [0.15, 0.2) is 36.4 Å². The standard InChI is InChI=1S/C20H23NO6S/c1-3-28(24,25)21-10-8-14(9-11-21)19(22)27-18-13-16-7-5-4-6-15(16)12-17(18)20(23)26-2/h4-7,12-14H,3,8-11H2,1-2H3. The summed E-state index contributed by atoms with van der Waals surface area (Å²) in [5, 5.41) is 1.67. The number of piperidine rings is 1. The molecule has 2 aromatic rings. The van der Waals surface area contributed by atoms with Gasteiger partial charge in [0.05, 0.1) is 18.8 Å². The third-order valence-corrected chi connectivity index (χ3v) is 6.89. The van der Waals surface area contributed by atoms with Gasteiger partial charge in [-0.2, -0.15) is 0 Å². The van der Waals surface area contributed by atoms with Crippen LogP contribution in [0.5, 0.6) is 5.75 Å². The average molecular weight is 405 g/mol. The number of carbonyl (C=O) groups excluding carboxylic acids is 2. The summed E-state index contributed by atoms with van der Waals surface area (Å²) in [6.45, 7) is 2.18. The van der Waals surface area contributed by atoms with Gasteiger partial charge in [0.25, 0.3) is 0 Å². The summed E-state index contributed by atoms with van der Waals surface area (Å²) in [6, 6.07) is 10.7. The van der Waals surface area contributed by atoms with Crippen molar-refractivity contribution >= 4 is 32.7 Å². The van der Waals surface area contributed by atoms with Gasteiger partial charge in [-0.25, -0.2) is 17.5 Å². The summed E-state index contributed by atoms with van der Waals surface area (Å²) in [7, 11) is -1.98. The van der Waals surface area contributed by atoms with Crippen LogP contribution in [-0.2, 0) is 19.6 Å². The van der Waals surface area contributed by atoms with E-state index < -0.39 is 27.9 Å². The lowest BCUT2D eigenvalue weighted by Crippen LogP contribution is -2.41. The lowest BCUT2D eigenvalue weighted by atomic mass is 9.98. The van der Waals surface area contributed by atoms with Crippen molar-refractivity contribution in [1.82, 2.24) is 4.31 Å². The monoisotopic (exact) mass is 405 g/mol. The van der Waals surface area contributed by atoms with Crippen LogP contribution in [0, 0.1) is 5.92 Å². The van der Waals surface area contributed by atoms with Crippen LogP contribution >= 0.6 is 0 Å². The van der Waals surface area contributed by atoms with Gasteiger partial charge in [0.15, 0.2) is 0 Å². The lowest BCUT2D eigenvalue weighted by molar-refractivity contribution is -0.140. The fourth-order valence-electron chi connectivity index (χ4n) is 3.32. The van der Waals surface area contributed by atoms with Crippen LogP contribution in [-0.4, -0.2) is 50.6 Å². The quantitative estimate of drug-likeness (QED) is 0.561. The van der Waals surface area contributed by atoms with Gasteiger partial charge in [0, 0.05) is 13.1 Å². The minimum absolute atomic E-state index is 0.0433. The zero-order chi connectivity index (χ0) is 20.3. The van der Waals surface area contributed by atoms with Gasteiger partial charge < -0.3 is 9.47 Å². The number of rotatable bonds is 5. The Balaban J connectivity index is 1.79. The number of nitrogens with zero attached hydrogens (tertiary/aromatic N) is 1. The van der Waals surface area contributed by atoms with Crippen LogP contribution in [0.1, 0.15) is 30.1 Å². The van der Waals surface area contributed by atoms with E-state index in [-0.39, 0.29) is 30.2 Å². The van der Waals surface area contributed by atoms with Gasteiger partial charge in [-0.1, -0.05) is 24.3 Å². The summed E-state index contributed by atoms with van der Waals surface area (Å²) in [4.78, 5) is 24.8. The summed E-state index contributed by atoms with van der Waals surface area (Å²) in [6.07, 6.45) is 0.776. The Bertz CT molecular complexity index is 993. The van der Waals surface area contributed by atoms with Crippen molar-refractivity contribution < 1.29 is 27.5 Å². The average Bonchev–Trinajstić information content (AvgIpc) is 2.72. The predicted molar refractivity (Wildman–Crippen MR) is 105 cm³/mol. The fraction of sp³-hybridized carbons (Fsp3) is 0.400. The molecular weight excluding hydrogens is 382 g/mol. The Hall–Kier alpha value is -2.45. The van der Waals surface area contributed by atoms with Crippen LogP contribution in [0.25, 0.3) is 10.8 Å². The zero-order valence-corrected chi connectivity index (χ0v) is 16.7. The normalized spacial score (nSPS) is 16.1. The Morgan fingerprint density at radius 3 is 2.29 bits per heavy atom. The first-order valence-corrected chi connectivity index (χ1v) is 10.8. The van der Waals surface area contributed by atoms with E-state index in [2.05, 4.69) is 0 Å². The van der Waals surface area contributed by atoms with E-state index >= 15 is 0 Å². The highest BCUT2D eigenvalue weighted by atomic mass is 32.2. The number of esters is 2. The van der Waals surface area contributed by atoms with Crippen molar-refractivity contribution in [3.8, 4) is 5.75 Å². The topological polar surface area (TPSA) is 90.0 Å². The smallest absolute Gasteiger partial charge is 0.341 e. The highest BCUT2D eigenvalue weighted by Gasteiger charge is 2.32. The van der Waals surface area contributed by atoms with Gasteiger partial charge in [0.1, 0.15) is 11.3 Å². The number of hydrogen-bond acceptors (Lipinski definition) is 6. The molecule has 150 valence electrons. The van der Waals surface area contributed by atoms with Crippen molar-refractivity contribution in [3.05, 3.63) is 42.0 Å². The van der Waals surface area contributed by atoms with E-state index in [0.717, 1.165) is 10.8 Å². The van der Waals surface area contributed by atoms with Gasteiger partial charge in [-0.3, -0.25) is 4.79 Å². The molecule has 1 saturated heterocycles. The van der Waals surface area contributed by atoms with Crippen molar-refractivity contribution in [3.63, 3.8) is 0 Å². The molecule has 0 atom stereocenters. The van der Waals surface area contributed by atoms with Crippen LogP contribution in [0.3, 0.4) is 0 Å². The van der Waals surface area contributed by atoms with E-state index in [1.807, 2.05) is 24.3 Å². The van der Waals surface area contributed by atoms with Crippen molar-refractivity contribution in [2.24, 2.45) is 5.92 Å². The molecule has 8 heteroatoms. The summed E-state index contributed by atoms with van der Waals surface area (Å²) in [5.74, 6) is -1.27. The Kier molecular flexibility index (Phi) is 6.00. The molecule has 1 aliphatic rings. The molecule has 1 fully saturated rings. The zero-order valence-electron chi connectivity index (χ0n) is 15.9. The summed E-state index contributed by atoms with van der Waals surface area (Å²) >= 11 is 0. The molecule has 7 nitrogen and oxygen atoms in total. The molecule has 0 N–H and O–H groups in total. The number of carbonyl (C=O) groups is 2. The number of ether oxygens (including phenoxy) is 2. The molecule has 0 spiro atoms. The van der Waals surface area contributed by atoms with E-state index in [4.69, 9.17) is 9.47 Å². The molecule has 28 heavy (non-hydrogen) atoms. The van der Waals surface area contributed by atoms with Crippen LogP contribution in [0.2, 0.25) is 0 Å². The van der Waals surface area contributed by atoms with Crippen LogP contribution < -0.4 is 4.74 Å². The molecule has 0 unspecified atom stereocenters. The number of sulfonamides is 1. The first-order valence-electron chi connectivity index (χ1n) is 9.16. The predicted octanol–water partition coefficient (Wildman–Crippen LogP) is 2.59. The molecule has 2 aromatic carbocycles. The first-order chi connectivity index (χ1) is 13.4. The number of fused-ring (bicyclic) bond motifs is 1. The molecule has 0 saturated carbocycles. The minimum Gasteiger partial charge on any atom is -0.465 e. The number of methoxy groups -OCH3 is 1. The molecule has 1 aliphatic heterocycles. The SMILES string of the molecule is CCS(=O)(=O)N1CCC(C(=O)Oc2cc3ccccc3cc2C(=O)OC)CC1. The second-order valence-electron chi connectivity index (χ2n) is 6.68. The third kappa shape index (κ3) is 4.18. The number of benzene rings is 2. The minimum atomic E-state index is -3.25. The maximum atomic E-state index is 12.7. The van der Waals surface area contributed by atoms with Gasteiger partial charge in [-0.05, 0) is 42.7 Å². The molecular formula is C20H23NO6S. The molecule has 0 amide bonds.